The molecule has 1 N–H and O–H groups in total. The van der Waals surface area contributed by atoms with Crippen LogP contribution < -0.4 is 5.32 Å². The molecule has 9 heteroatoms. The number of nitrogens with zero attached hydrogens (tertiary/aromatic N) is 1. The van der Waals surface area contributed by atoms with Crippen molar-refractivity contribution in [1.29, 1.82) is 0 Å². The van der Waals surface area contributed by atoms with E-state index in [1.165, 1.54) is 40.7 Å². The van der Waals surface area contributed by atoms with Gasteiger partial charge in [0.05, 0.1) is 16.0 Å². The quantitative estimate of drug-likeness (QED) is 0.754. The predicted molar refractivity (Wildman–Crippen MR) is 108 cm³/mol. The van der Waals surface area contributed by atoms with Gasteiger partial charge < -0.3 is 5.32 Å². The Kier molecular flexibility index (Phi) is 6.24. The number of hydrogen-bond acceptors (Lipinski definition) is 3. The van der Waals surface area contributed by atoms with Crippen LogP contribution in [-0.2, 0) is 16.2 Å². The number of hydrogen-bond donors (Lipinski definition) is 1. The fourth-order valence-corrected chi connectivity index (χ4v) is 5.47. The van der Waals surface area contributed by atoms with Crippen LogP contribution in [0.4, 0.5) is 18.9 Å². The number of amides is 1. The second kappa shape index (κ2) is 8.39. The molecule has 2 atom stereocenters. The number of carbonyl (C=O) groups is 1. The van der Waals surface area contributed by atoms with Gasteiger partial charge >= 0.3 is 6.18 Å². The summed E-state index contributed by atoms with van der Waals surface area (Å²) in [7, 11) is -3.68. The summed E-state index contributed by atoms with van der Waals surface area (Å²) < 4.78 is 66.6. The minimum absolute atomic E-state index is 0.0810. The van der Waals surface area contributed by atoms with Gasteiger partial charge in [0.25, 0.3) is 5.91 Å². The molecule has 0 radical (unpaired) electrons. The molecular formula is C21H23F3N2O3S. The molecule has 5 nitrogen and oxygen atoms in total. The van der Waals surface area contributed by atoms with Gasteiger partial charge in [0.2, 0.25) is 10.0 Å². The van der Waals surface area contributed by atoms with Gasteiger partial charge in [-0.15, -0.1) is 0 Å². The van der Waals surface area contributed by atoms with Gasteiger partial charge in [-0.3, -0.25) is 4.79 Å². The average molecular weight is 440 g/mol. The zero-order valence-electron chi connectivity index (χ0n) is 16.6. The van der Waals surface area contributed by atoms with Crippen molar-refractivity contribution >= 4 is 21.6 Å². The Balaban J connectivity index is 1.78. The van der Waals surface area contributed by atoms with Gasteiger partial charge in [0, 0.05) is 18.8 Å². The van der Waals surface area contributed by atoms with Crippen molar-refractivity contribution in [3.63, 3.8) is 0 Å². The van der Waals surface area contributed by atoms with E-state index < -0.39 is 33.2 Å². The molecule has 1 heterocycles. The van der Waals surface area contributed by atoms with E-state index in [-0.39, 0.29) is 22.4 Å². The van der Waals surface area contributed by atoms with Crippen molar-refractivity contribution < 1.29 is 26.4 Å². The average Bonchev–Trinajstić information content (AvgIpc) is 2.67. The first-order chi connectivity index (χ1) is 14.0. The van der Waals surface area contributed by atoms with Gasteiger partial charge in [-0.05, 0) is 54.7 Å². The maximum atomic E-state index is 13.1. The Bertz CT molecular complexity index is 1010. The van der Waals surface area contributed by atoms with Crippen molar-refractivity contribution in [3.8, 4) is 0 Å². The molecule has 0 spiro atoms. The summed E-state index contributed by atoms with van der Waals surface area (Å²) in [5.41, 5.74) is -1.33. The van der Waals surface area contributed by atoms with Crippen molar-refractivity contribution in [2.45, 2.75) is 31.3 Å². The van der Waals surface area contributed by atoms with E-state index in [9.17, 15) is 26.4 Å². The summed E-state index contributed by atoms with van der Waals surface area (Å²) in [5.74, 6) is -0.399. The van der Waals surface area contributed by atoms with Crippen molar-refractivity contribution in [2.75, 3.05) is 18.4 Å². The molecule has 2 aromatic carbocycles. The molecule has 1 amide bonds. The minimum atomic E-state index is -4.66. The molecule has 1 aliphatic rings. The molecule has 30 heavy (non-hydrogen) atoms. The molecule has 1 fully saturated rings. The standard InChI is InChI=1S/C21H23F3N2O3S/c1-14-11-15(2)13-26(12-14)30(28,29)17-9-7-16(8-10-17)25-20(27)18-5-3-4-6-19(18)21(22,23)24/h3-10,14-15H,11-13H2,1-2H3,(H,25,27). The smallest absolute Gasteiger partial charge is 0.322 e. The summed E-state index contributed by atoms with van der Waals surface area (Å²) in [6, 6.07) is 9.94. The van der Waals surface area contributed by atoms with E-state index in [1.54, 1.807) is 0 Å². The van der Waals surface area contributed by atoms with E-state index in [4.69, 9.17) is 0 Å². The number of benzene rings is 2. The Morgan fingerprint density at radius 2 is 1.57 bits per heavy atom. The monoisotopic (exact) mass is 440 g/mol. The van der Waals surface area contributed by atoms with E-state index in [2.05, 4.69) is 5.32 Å². The Morgan fingerprint density at radius 3 is 2.13 bits per heavy atom. The third-order valence-electron chi connectivity index (χ3n) is 5.06. The number of sulfonamides is 1. The number of rotatable bonds is 4. The molecule has 2 aromatic rings. The molecule has 0 saturated carbocycles. The van der Waals surface area contributed by atoms with Crippen LogP contribution >= 0.6 is 0 Å². The Labute approximate surface area is 173 Å². The molecule has 0 bridgehead atoms. The zero-order valence-corrected chi connectivity index (χ0v) is 17.4. The normalized spacial score (nSPS) is 20.7. The lowest BCUT2D eigenvalue weighted by Crippen LogP contribution is -2.42. The first kappa shape index (κ1) is 22.3. The first-order valence-corrected chi connectivity index (χ1v) is 11.0. The van der Waals surface area contributed by atoms with Gasteiger partial charge in [0.1, 0.15) is 0 Å². The molecule has 3 rings (SSSR count). The number of anilines is 1. The van der Waals surface area contributed by atoms with Gasteiger partial charge in [-0.25, -0.2) is 8.42 Å². The zero-order chi connectivity index (χ0) is 22.1. The molecule has 162 valence electrons. The van der Waals surface area contributed by atoms with Crippen LogP contribution in [0, 0.1) is 11.8 Å². The highest BCUT2D eigenvalue weighted by Crippen LogP contribution is 2.32. The predicted octanol–water partition coefficient (Wildman–Crippen LogP) is 4.62. The molecule has 2 unspecified atom stereocenters. The molecule has 1 saturated heterocycles. The molecular weight excluding hydrogens is 417 g/mol. The summed E-state index contributed by atoms with van der Waals surface area (Å²) >= 11 is 0. The summed E-state index contributed by atoms with van der Waals surface area (Å²) in [5, 5.41) is 2.40. The van der Waals surface area contributed by atoms with Gasteiger partial charge in [0.15, 0.2) is 0 Å². The largest absolute Gasteiger partial charge is 0.417 e. The number of piperidine rings is 1. The second-order valence-electron chi connectivity index (χ2n) is 7.79. The SMILES string of the molecule is CC1CC(C)CN(S(=O)(=O)c2ccc(NC(=O)c3ccccc3C(F)(F)F)cc2)C1. The van der Waals surface area contributed by atoms with Crippen LogP contribution in [0.5, 0.6) is 0 Å². The van der Waals surface area contributed by atoms with E-state index in [0.717, 1.165) is 18.6 Å². The third kappa shape index (κ3) is 4.84. The minimum Gasteiger partial charge on any atom is -0.322 e. The van der Waals surface area contributed by atoms with Gasteiger partial charge in [-0.2, -0.15) is 17.5 Å². The van der Waals surface area contributed by atoms with Crippen LogP contribution in [0.2, 0.25) is 0 Å². The van der Waals surface area contributed by atoms with E-state index in [1.807, 2.05) is 13.8 Å². The van der Waals surface area contributed by atoms with Gasteiger partial charge in [-0.1, -0.05) is 26.0 Å². The van der Waals surface area contributed by atoms with Crippen LogP contribution in [0.3, 0.4) is 0 Å². The Hall–Kier alpha value is -2.39. The second-order valence-corrected chi connectivity index (χ2v) is 9.73. The summed E-state index contributed by atoms with van der Waals surface area (Å²) in [4.78, 5) is 12.4. The first-order valence-electron chi connectivity index (χ1n) is 9.56. The van der Waals surface area contributed by atoms with Crippen LogP contribution in [0.1, 0.15) is 36.2 Å². The molecule has 0 aromatic heterocycles. The fourth-order valence-electron chi connectivity index (χ4n) is 3.79. The fraction of sp³-hybridized carbons (Fsp3) is 0.381. The summed E-state index contributed by atoms with van der Waals surface area (Å²) in [6.07, 6.45) is -3.69. The van der Waals surface area contributed by atoms with E-state index in [0.29, 0.717) is 13.1 Å². The van der Waals surface area contributed by atoms with E-state index >= 15 is 0 Å². The van der Waals surface area contributed by atoms with Crippen LogP contribution in [0.15, 0.2) is 53.4 Å². The van der Waals surface area contributed by atoms with Crippen LogP contribution in [-0.4, -0.2) is 31.7 Å². The maximum Gasteiger partial charge on any atom is 0.417 e. The highest BCUT2D eigenvalue weighted by molar-refractivity contribution is 7.89. The highest BCUT2D eigenvalue weighted by atomic mass is 32.2. The summed E-state index contributed by atoms with van der Waals surface area (Å²) in [6.45, 7) is 4.91. The topological polar surface area (TPSA) is 66.5 Å². The van der Waals surface area contributed by atoms with Crippen molar-refractivity contribution in [3.05, 3.63) is 59.7 Å². The number of carbonyl (C=O) groups excluding carboxylic acids is 1. The molecule has 0 aliphatic carbocycles. The Morgan fingerprint density at radius 1 is 1.00 bits per heavy atom. The number of nitrogens with one attached hydrogen (secondary N) is 1. The molecule has 1 aliphatic heterocycles. The number of halogens is 3. The lowest BCUT2D eigenvalue weighted by Gasteiger charge is -2.34. The van der Waals surface area contributed by atoms with Crippen molar-refractivity contribution in [1.82, 2.24) is 4.31 Å². The lowest BCUT2D eigenvalue weighted by atomic mass is 9.94. The maximum absolute atomic E-state index is 13.1. The highest BCUT2D eigenvalue weighted by Gasteiger charge is 2.35. The van der Waals surface area contributed by atoms with Crippen LogP contribution in [0.25, 0.3) is 0 Å². The van der Waals surface area contributed by atoms with Crippen molar-refractivity contribution in [2.24, 2.45) is 11.8 Å². The lowest BCUT2D eigenvalue weighted by molar-refractivity contribution is -0.137. The third-order valence-corrected chi connectivity index (χ3v) is 6.91. The number of alkyl halides is 3.